The van der Waals surface area contributed by atoms with E-state index >= 15 is 0 Å². The van der Waals surface area contributed by atoms with Gasteiger partial charge in [-0.25, -0.2) is 13.4 Å². The van der Waals surface area contributed by atoms with Crippen molar-refractivity contribution >= 4 is 37.9 Å². The number of aryl methyl sites for hydroxylation is 1. The van der Waals surface area contributed by atoms with E-state index in [4.69, 9.17) is 4.74 Å². The summed E-state index contributed by atoms with van der Waals surface area (Å²) >= 11 is 1.55. The van der Waals surface area contributed by atoms with Gasteiger partial charge in [0.2, 0.25) is 10.0 Å². The normalized spacial score (nSPS) is 11.2. The summed E-state index contributed by atoms with van der Waals surface area (Å²) in [6.07, 6.45) is 1.13. The van der Waals surface area contributed by atoms with Crippen LogP contribution in [0.4, 0.5) is 16.5 Å². The zero-order valence-corrected chi connectivity index (χ0v) is 16.2. The predicted octanol–water partition coefficient (Wildman–Crippen LogP) is 4.24. The molecule has 2 aromatic carbocycles. The van der Waals surface area contributed by atoms with Gasteiger partial charge in [0, 0.05) is 16.1 Å². The van der Waals surface area contributed by atoms with Crippen molar-refractivity contribution in [2.45, 2.75) is 6.92 Å². The Morgan fingerprint density at radius 2 is 1.77 bits per heavy atom. The van der Waals surface area contributed by atoms with Crippen molar-refractivity contribution < 1.29 is 13.2 Å². The first-order valence-electron chi connectivity index (χ1n) is 7.81. The number of aromatic nitrogens is 1. The molecule has 0 aliphatic heterocycles. The third kappa shape index (κ3) is 4.33. The van der Waals surface area contributed by atoms with Gasteiger partial charge in [0.25, 0.3) is 0 Å². The summed E-state index contributed by atoms with van der Waals surface area (Å²) in [5.74, 6) is 0.748. The maximum Gasteiger partial charge on any atom is 0.229 e. The highest BCUT2D eigenvalue weighted by Gasteiger charge is 2.12. The van der Waals surface area contributed by atoms with E-state index in [-0.39, 0.29) is 0 Å². The molecule has 0 radical (unpaired) electrons. The third-order valence-electron chi connectivity index (χ3n) is 3.61. The molecule has 2 N–H and O–H groups in total. The average molecular weight is 390 g/mol. The molecule has 3 rings (SSSR count). The molecule has 136 valence electrons. The van der Waals surface area contributed by atoms with E-state index in [0.717, 1.165) is 39.0 Å². The van der Waals surface area contributed by atoms with Gasteiger partial charge in [-0.1, -0.05) is 24.3 Å². The van der Waals surface area contributed by atoms with Crippen LogP contribution in [-0.2, 0) is 10.0 Å². The highest BCUT2D eigenvalue weighted by molar-refractivity contribution is 7.92. The molecule has 0 aliphatic rings. The molecule has 1 heterocycles. The van der Waals surface area contributed by atoms with Crippen molar-refractivity contribution in [2.75, 3.05) is 23.4 Å². The van der Waals surface area contributed by atoms with Crippen molar-refractivity contribution in [2.24, 2.45) is 0 Å². The van der Waals surface area contributed by atoms with E-state index in [1.165, 1.54) is 0 Å². The third-order valence-corrected chi connectivity index (χ3v) is 5.10. The fourth-order valence-corrected chi connectivity index (χ4v) is 3.90. The molecule has 3 aromatic rings. The Morgan fingerprint density at radius 3 is 2.42 bits per heavy atom. The minimum absolute atomic E-state index is 0.525. The number of para-hydroxylation sites is 2. The van der Waals surface area contributed by atoms with Crippen molar-refractivity contribution in [1.29, 1.82) is 0 Å². The Labute approximate surface area is 156 Å². The lowest BCUT2D eigenvalue weighted by molar-refractivity contribution is 0.417. The summed E-state index contributed by atoms with van der Waals surface area (Å²) in [5.41, 5.74) is 3.16. The number of benzene rings is 2. The maximum absolute atomic E-state index is 11.3. The Balaban J connectivity index is 1.84. The first-order chi connectivity index (χ1) is 12.4. The zero-order chi connectivity index (χ0) is 18.7. The SMILES string of the molecule is COc1ccccc1Nc1nc(-c2ccc(NS(C)(=O)=O)cc2)c(C)s1. The quantitative estimate of drug-likeness (QED) is 0.659. The standard InChI is InChI=1S/C18H19N3O3S2/c1-12-17(13-8-10-14(11-9-13)21-26(3,22)23)20-18(25-12)19-15-6-4-5-7-16(15)24-2/h4-11,21H,1-3H3,(H,19,20). The number of methoxy groups -OCH3 is 1. The molecule has 6 nitrogen and oxygen atoms in total. The number of nitrogens with one attached hydrogen (secondary N) is 2. The summed E-state index contributed by atoms with van der Waals surface area (Å²) in [7, 11) is -1.66. The van der Waals surface area contributed by atoms with E-state index in [0.29, 0.717) is 5.69 Å². The molecular weight excluding hydrogens is 370 g/mol. The van der Waals surface area contributed by atoms with Crippen molar-refractivity contribution in [3.8, 4) is 17.0 Å². The number of rotatable bonds is 6. The molecule has 26 heavy (non-hydrogen) atoms. The molecule has 0 saturated heterocycles. The number of hydrogen-bond donors (Lipinski definition) is 2. The summed E-state index contributed by atoms with van der Waals surface area (Å²) in [4.78, 5) is 5.73. The number of hydrogen-bond acceptors (Lipinski definition) is 6. The number of ether oxygens (including phenoxy) is 1. The molecule has 0 atom stereocenters. The zero-order valence-electron chi connectivity index (χ0n) is 14.6. The van der Waals surface area contributed by atoms with Crippen LogP contribution in [0.5, 0.6) is 5.75 Å². The number of sulfonamides is 1. The van der Waals surface area contributed by atoms with Crippen LogP contribution in [0.3, 0.4) is 0 Å². The highest BCUT2D eigenvalue weighted by atomic mass is 32.2. The Hall–Kier alpha value is -2.58. The first-order valence-corrected chi connectivity index (χ1v) is 10.5. The molecule has 0 spiro atoms. The molecule has 8 heteroatoms. The number of anilines is 3. The first kappa shape index (κ1) is 18.2. The van der Waals surface area contributed by atoms with Crippen molar-refractivity contribution in [1.82, 2.24) is 4.98 Å². The van der Waals surface area contributed by atoms with Crippen LogP contribution in [0, 0.1) is 6.92 Å². The summed E-state index contributed by atoms with van der Waals surface area (Å²) in [5, 5.41) is 4.05. The van der Waals surface area contributed by atoms with Gasteiger partial charge in [-0.3, -0.25) is 4.72 Å². The van der Waals surface area contributed by atoms with Gasteiger partial charge < -0.3 is 10.1 Å². The van der Waals surface area contributed by atoms with Gasteiger partial charge in [-0.2, -0.15) is 0 Å². The largest absolute Gasteiger partial charge is 0.495 e. The lowest BCUT2D eigenvalue weighted by Crippen LogP contribution is -2.09. The van der Waals surface area contributed by atoms with Gasteiger partial charge >= 0.3 is 0 Å². The monoisotopic (exact) mass is 389 g/mol. The van der Waals surface area contributed by atoms with Crippen molar-refractivity contribution in [3.05, 3.63) is 53.4 Å². The van der Waals surface area contributed by atoms with E-state index in [1.807, 2.05) is 43.3 Å². The van der Waals surface area contributed by atoms with Gasteiger partial charge in [0.1, 0.15) is 5.75 Å². The van der Waals surface area contributed by atoms with Crippen LogP contribution >= 0.6 is 11.3 Å². The molecule has 1 aromatic heterocycles. The number of thiazole rings is 1. The Morgan fingerprint density at radius 1 is 1.08 bits per heavy atom. The molecular formula is C18H19N3O3S2. The molecule has 0 aliphatic carbocycles. The molecule has 0 bridgehead atoms. The van der Waals surface area contributed by atoms with Crippen LogP contribution in [0.15, 0.2) is 48.5 Å². The lowest BCUT2D eigenvalue weighted by atomic mass is 10.1. The van der Waals surface area contributed by atoms with E-state index in [1.54, 1.807) is 30.6 Å². The minimum Gasteiger partial charge on any atom is -0.495 e. The Bertz CT molecular complexity index is 1010. The van der Waals surface area contributed by atoms with Gasteiger partial charge in [0.05, 0.1) is 24.7 Å². The molecule has 0 unspecified atom stereocenters. The molecule has 0 amide bonds. The van der Waals surface area contributed by atoms with Crippen molar-refractivity contribution in [3.63, 3.8) is 0 Å². The fraction of sp³-hybridized carbons (Fsp3) is 0.167. The second kappa shape index (κ2) is 7.35. The molecule has 0 fully saturated rings. The number of nitrogens with zero attached hydrogens (tertiary/aromatic N) is 1. The topological polar surface area (TPSA) is 80.3 Å². The van der Waals surface area contributed by atoms with E-state index in [9.17, 15) is 8.42 Å². The minimum atomic E-state index is -3.29. The molecule has 0 saturated carbocycles. The summed E-state index contributed by atoms with van der Waals surface area (Å²) in [6, 6.07) is 14.8. The van der Waals surface area contributed by atoms with Crippen LogP contribution < -0.4 is 14.8 Å². The van der Waals surface area contributed by atoms with Gasteiger partial charge in [-0.15, -0.1) is 11.3 Å². The highest BCUT2D eigenvalue weighted by Crippen LogP contribution is 2.34. The summed E-state index contributed by atoms with van der Waals surface area (Å²) < 4.78 is 30.4. The Kier molecular flexibility index (Phi) is 5.15. The maximum atomic E-state index is 11.3. The van der Waals surface area contributed by atoms with E-state index < -0.39 is 10.0 Å². The second-order valence-corrected chi connectivity index (χ2v) is 8.65. The van der Waals surface area contributed by atoms with Crippen LogP contribution in [0.25, 0.3) is 11.3 Å². The van der Waals surface area contributed by atoms with Crippen LogP contribution in [0.2, 0.25) is 0 Å². The van der Waals surface area contributed by atoms with Crippen LogP contribution in [0.1, 0.15) is 4.88 Å². The average Bonchev–Trinajstić information content (AvgIpc) is 2.95. The second-order valence-electron chi connectivity index (χ2n) is 5.70. The van der Waals surface area contributed by atoms with Gasteiger partial charge in [0.15, 0.2) is 5.13 Å². The lowest BCUT2D eigenvalue weighted by Gasteiger charge is -2.08. The smallest absolute Gasteiger partial charge is 0.229 e. The van der Waals surface area contributed by atoms with Crippen LogP contribution in [-0.4, -0.2) is 26.8 Å². The van der Waals surface area contributed by atoms with E-state index in [2.05, 4.69) is 15.0 Å². The van der Waals surface area contributed by atoms with Gasteiger partial charge in [-0.05, 0) is 31.2 Å². The summed E-state index contributed by atoms with van der Waals surface area (Å²) in [6.45, 7) is 2.00. The fourth-order valence-electron chi connectivity index (χ4n) is 2.49. The predicted molar refractivity (Wildman–Crippen MR) is 107 cm³/mol.